The van der Waals surface area contributed by atoms with E-state index in [9.17, 15) is 26.4 Å². The second-order valence-electron chi connectivity index (χ2n) is 5.90. The smallest absolute Gasteiger partial charge is 0.347 e. The molecule has 2 aromatic carbocycles. The third-order valence-electron chi connectivity index (χ3n) is 3.56. The summed E-state index contributed by atoms with van der Waals surface area (Å²) in [5.74, 6) is -0.797. The van der Waals surface area contributed by atoms with Crippen LogP contribution < -0.4 is 10.0 Å². The van der Waals surface area contributed by atoms with Gasteiger partial charge in [0.1, 0.15) is 11.4 Å². The summed E-state index contributed by atoms with van der Waals surface area (Å²) < 4.78 is 63.6. The first-order chi connectivity index (χ1) is 12.9. The number of anilines is 1. The van der Waals surface area contributed by atoms with Gasteiger partial charge < -0.3 is 5.32 Å². The SMILES string of the molecule is Cc1cc(S(=O)(=O)Nc2ccc(CC(=O)NCC(F)(F)F)cc2)c(Cl)cc1Cl. The fourth-order valence-corrected chi connectivity index (χ4v) is 4.08. The van der Waals surface area contributed by atoms with Crippen LogP contribution in [0.4, 0.5) is 18.9 Å². The van der Waals surface area contributed by atoms with Crippen LogP contribution in [0.3, 0.4) is 0 Å². The highest BCUT2D eigenvalue weighted by Crippen LogP contribution is 2.29. The van der Waals surface area contributed by atoms with Crippen molar-refractivity contribution in [2.75, 3.05) is 11.3 Å². The maximum atomic E-state index is 12.5. The van der Waals surface area contributed by atoms with Crippen LogP contribution >= 0.6 is 23.2 Å². The average Bonchev–Trinajstić information content (AvgIpc) is 2.57. The Labute approximate surface area is 169 Å². The Kier molecular flexibility index (Phi) is 6.84. The molecule has 0 aliphatic rings. The first-order valence-corrected chi connectivity index (χ1v) is 10.0. The summed E-state index contributed by atoms with van der Waals surface area (Å²) in [4.78, 5) is 11.4. The maximum Gasteiger partial charge on any atom is 0.405 e. The molecule has 1 amide bonds. The van der Waals surface area contributed by atoms with Crippen LogP contribution in [0.2, 0.25) is 10.0 Å². The van der Waals surface area contributed by atoms with Crippen LogP contribution in [-0.4, -0.2) is 27.0 Å². The number of hydrogen-bond acceptors (Lipinski definition) is 3. The topological polar surface area (TPSA) is 75.3 Å². The molecule has 0 atom stereocenters. The quantitative estimate of drug-likeness (QED) is 0.682. The lowest BCUT2D eigenvalue weighted by atomic mass is 10.1. The summed E-state index contributed by atoms with van der Waals surface area (Å²) in [6.07, 6.45) is -4.76. The van der Waals surface area contributed by atoms with E-state index in [0.717, 1.165) is 0 Å². The predicted octanol–water partition coefficient (Wildman–Crippen LogP) is 4.32. The number of alkyl halides is 3. The van der Waals surface area contributed by atoms with Crippen molar-refractivity contribution in [1.82, 2.24) is 5.32 Å². The van der Waals surface area contributed by atoms with Gasteiger partial charge in [0.15, 0.2) is 0 Å². The van der Waals surface area contributed by atoms with E-state index >= 15 is 0 Å². The summed E-state index contributed by atoms with van der Waals surface area (Å²) in [6.45, 7) is 0.224. The van der Waals surface area contributed by atoms with Crippen molar-refractivity contribution >= 4 is 44.8 Å². The lowest BCUT2D eigenvalue weighted by molar-refractivity contribution is -0.138. The molecule has 2 aromatic rings. The molecular formula is C17H15Cl2F3N2O3S. The number of halogens is 5. The fraction of sp³-hybridized carbons (Fsp3) is 0.235. The largest absolute Gasteiger partial charge is 0.405 e. The summed E-state index contributed by atoms with van der Waals surface area (Å²) in [5, 5.41) is 2.05. The zero-order valence-corrected chi connectivity index (χ0v) is 16.7. The van der Waals surface area contributed by atoms with Gasteiger partial charge in [-0.15, -0.1) is 0 Å². The van der Waals surface area contributed by atoms with Crippen molar-refractivity contribution in [2.45, 2.75) is 24.4 Å². The number of nitrogens with one attached hydrogen (secondary N) is 2. The van der Waals surface area contributed by atoms with Crippen LogP contribution in [0.25, 0.3) is 0 Å². The van der Waals surface area contributed by atoms with Gasteiger partial charge in [-0.2, -0.15) is 13.2 Å². The number of carbonyl (C=O) groups is 1. The second kappa shape index (κ2) is 8.59. The summed E-state index contributed by atoms with van der Waals surface area (Å²) in [7, 11) is -3.99. The van der Waals surface area contributed by atoms with Gasteiger partial charge in [0.25, 0.3) is 10.0 Å². The van der Waals surface area contributed by atoms with Crippen LogP contribution in [0.15, 0.2) is 41.3 Å². The Morgan fingerprint density at radius 1 is 1.07 bits per heavy atom. The van der Waals surface area contributed by atoms with Gasteiger partial charge in [0, 0.05) is 10.7 Å². The number of amides is 1. The Morgan fingerprint density at radius 2 is 1.68 bits per heavy atom. The van der Waals surface area contributed by atoms with Gasteiger partial charge in [0.05, 0.1) is 11.4 Å². The summed E-state index contributed by atoms with van der Waals surface area (Å²) in [5.41, 5.74) is 1.15. The standard InChI is InChI=1S/C17H15Cl2F3N2O3S/c1-10-6-15(14(19)8-13(10)18)28(26,27)24-12-4-2-11(3-5-12)7-16(25)23-9-17(20,21)22/h2-6,8,24H,7,9H2,1H3,(H,23,25). The number of rotatable bonds is 6. The van der Waals surface area contributed by atoms with Crippen molar-refractivity contribution in [3.63, 3.8) is 0 Å². The number of aryl methyl sites for hydroxylation is 1. The first kappa shape index (κ1) is 22.3. The molecule has 0 radical (unpaired) electrons. The monoisotopic (exact) mass is 454 g/mol. The van der Waals surface area contributed by atoms with Gasteiger partial charge in [0.2, 0.25) is 5.91 Å². The van der Waals surface area contributed by atoms with E-state index in [1.807, 2.05) is 0 Å². The third kappa shape index (κ3) is 6.29. The molecule has 0 spiro atoms. The fourth-order valence-electron chi connectivity index (χ4n) is 2.18. The van der Waals surface area contributed by atoms with Gasteiger partial charge in [-0.05, 0) is 42.3 Å². The lowest BCUT2D eigenvalue weighted by Crippen LogP contribution is -2.34. The predicted molar refractivity (Wildman–Crippen MR) is 101 cm³/mol. The van der Waals surface area contributed by atoms with E-state index in [4.69, 9.17) is 23.2 Å². The summed E-state index contributed by atoms with van der Waals surface area (Å²) >= 11 is 11.9. The average molecular weight is 455 g/mol. The maximum absolute atomic E-state index is 12.5. The van der Waals surface area contributed by atoms with Gasteiger partial charge in [-0.1, -0.05) is 35.3 Å². The lowest BCUT2D eigenvalue weighted by Gasteiger charge is -2.12. The van der Waals surface area contributed by atoms with Gasteiger partial charge in [-0.3, -0.25) is 9.52 Å². The third-order valence-corrected chi connectivity index (χ3v) is 5.81. The van der Waals surface area contributed by atoms with E-state index in [1.165, 1.54) is 36.4 Å². The Hall–Kier alpha value is -1.97. The van der Waals surface area contributed by atoms with Crippen LogP contribution in [0, 0.1) is 6.92 Å². The van der Waals surface area contributed by atoms with Crippen LogP contribution in [0.1, 0.15) is 11.1 Å². The molecular weight excluding hydrogens is 440 g/mol. The Balaban J connectivity index is 2.08. The molecule has 2 rings (SSSR count). The molecule has 152 valence electrons. The number of carbonyl (C=O) groups excluding carboxylic acids is 1. The van der Waals surface area contributed by atoms with Crippen molar-refractivity contribution in [1.29, 1.82) is 0 Å². The zero-order chi connectivity index (χ0) is 21.1. The minimum Gasteiger partial charge on any atom is -0.347 e. The minimum absolute atomic E-state index is 0.0407. The molecule has 0 saturated heterocycles. The highest BCUT2D eigenvalue weighted by atomic mass is 35.5. The van der Waals surface area contributed by atoms with Crippen LogP contribution in [0.5, 0.6) is 0 Å². The molecule has 5 nitrogen and oxygen atoms in total. The summed E-state index contributed by atoms with van der Waals surface area (Å²) in [6, 6.07) is 8.31. The van der Waals surface area contributed by atoms with Crippen molar-refractivity contribution in [3.05, 3.63) is 57.6 Å². The van der Waals surface area contributed by atoms with Crippen molar-refractivity contribution in [3.8, 4) is 0 Å². The van der Waals surface area contributed by atoms with E-state index in [2.05, 4.69) is 4.72 Å². The molecule has 0 aliphatic carbocycles. The molecule has 0 aromatic heterocycles. The van der Waals surface area contributed by atoms with E-state index in [-0.39, 0.29) is 22.0 Å². The molecule has 0 saturated carbocycles. The molecule has 28 heavy (non-hydrogen) atoms. The molecule has 0 unspecified atom stereocenters. The van der Waals surface area contributed by atoms with E-state index < -0.39 is 28.7 Å². The number of benzene rings is 2. The first-order valence-electron chi connectivity index (χ1n) is 7.78. The Bertz CT molecular complexity index is 978. The molecule has 0 heterocycles. The molecule has 0 fully saturated rings. The molecule has 0 bridgehead atoms. The van der Waals surface area contributed by atoms with Crippen molar-refractivity contribution < 1.29 is 26.4 Å². The molecule has 2 N–H and O–H groups in total. The zero-order valence-electron chi connectivity index (χ0n) is 14.4. The Morgan fingerprint density at radius 3 is 2.25 bits per heavy atom. The van der Waals surface area contributed by atoms with Gasteiger partial charge >= 0.3 is 6.18 Å². The molecule has 0 aliphatic heterocycles. The molecule has 11 heteroatoms. The van der Waals surface area contributed by atoms with Crippen LogP contribution in [-0.2, 0) is 21.2 Å². The normalized spacial score (nSPS) is 11.9. The number of sulfonamides is 1. The van der Waals surface area contributed by atoms with E-state index in [0.29, 0.717) is 16.1 Å². The second-order valence-corrected chi connectivity index (χ2v) is 8.37. The van der Waals surface area contributed by atoms with E-state index in [1.54, 1.807) is 12.2 Å². The van der Waals surface area contributed by atoms with Gasteiger partial charge in [-0.25, -0.2) is 8.42 Å². The highest BCUT2D eigenvalue weighted by molar-refractivity contribution is 7.92. The number of hydrogen-bond donors (Lipinski definition) is 2. The highest BCUT2D eigenvalue weighted by Gasteiger charge is 2.27. The minimum atomic E-state index is -4.49. The van der Waals surface area contributed by atoms with Crippen molar-refractivity contribution in [2.24, 2.45) is 0 Å².